The molecule has 0 amide bonds. The fourth-order valence-electron chi connectivity index (χ4n) is 1.75. The third kappa shape index (κ3) is 2.80. The summed E-state index contributed by atoms with van der Waals surface area (Å²) < 4.78 is 7.88. The molecule has 0 aliphatic carbocycles. The molecule has 0 aromatic carbocycles. The third-order valence-electron chi connectivity index (χ3n) is 2.60. The zero-order valence-corrected chi connectivity index (χ0v) is 11.3. The van der Waals surface area contributed by atoms with Crippen LogP contribution in [0.3, 0.4) is 0 Å². The molecule has 5 nitrogen and oxygen atoms in total. The normalized spacial score (nSPS) is 22.2. The molecule has 1 aromatic heterocycles. The van der Waals surface area contributed by atoms with Gasteiger partial charge >= 0.3 is 0 Å². The van der Waals surface area contributed by atoms with Crippen LogP contribution in [0.1, 0.15) is 0 Å². The summed E-state index contributed by atoms with van der Waals surface area (Å²) in [6.45, 7) is 3.12. The highest BCUT2D eigenvalue weighted by Crippen LogP contribution is 2.05. The quantitative estimate of drug-likeness (QED) is 0.724. The lowest BCUT2D eigenvalue weighted by Gasteiger charge is -2.30. The summed E-state index contributed by atoms with van der Waals surface area (Å²) in [6.07, 6.45) is 3.23. The number of hydrogen-bond donors (Lipinski definition) is 0. The number of nitrogens with zero attached hydrogens (tertiary/aromatic N) is 3. The Morgan fingerprint density at radius 2 is 2.50 bits per heavy atom. The first-order chi connectivity index (χ1) is 7.66. The molecule has 1 atom stereocenters. The maximum absolute atomic E-state index is 11.8. The van der Waals surface area contributed by atoms with Gasteiger partial charge in [0.05, 0.1) is 29.2 Å². The van der Waals surface area contributed by atoms with E-state index in [-0.39, 0.29) is 11.7 Å². The number of hydrogen-bond acceptors (Lipinski definition) is 4. The molecule has 0 radical (unpaired) electrons. The highest BCUT2D eigenvalue weighted by Gasteiger charge is 2.18. The van der Waals surface area contributed by atoms with Gasteiger partial charge in [0.15, 0.2) is 0 Å². The van der Waals surface area contributed by atoms with Crippen molar-refractivity contribution in [2.75, 3.05) is 26.7 Å². The molecule has 1 aliphatic rings. The Bertz CT molecular complexity index is 421. The minimum Gasteiger partial charge on any atom is -0.374 e. The molecular formula is C10H14IN3O2. The van der Waals surface area contributed by atoms with Crippen LogP contribution in [-0.2, 0) is 11.3 Å². The van der Waals surface area contributed by atoms with Crippen LogP contribution >= 0.6 is 22.6 Å². The molecule has 88 valence electrons. The maximum atomic E-state index is 11.8. The molecule has 2 rings (SSSR count). The highest BCUT2D eigenvalue weighted by molar-refractivity contribution is 14.1. The summed E-state index contributed by atoms with van der Waals surface area (Å²) in [6, 6.07) is 0. The molecule has 1 fully saturated rings. The first kappa shape index (κ1) is 12.0. The molecule has 6 heteroatoms. The maximum Gasteiger partial charge on any atom is 0.266 e. The van der Waals surface area contributed by atoms with Crippen LogP contribution in [0.15, 0.2) is 17.3 Å². The largest absolute Gasteiger partial charge is 0.374 e. The second kappa shape index (κ2) is 5.24. The molecule has 0 bridgehead atoms. The number of aromatic nitrogens is 2. The number of ether oxygens (including phenoxy) is 1. The van der Waals surface area contributed by atoms with Gasteiger partial charge in [0, 0.05) is 19.3 Å². The summed E-state index contributed by atoms with van der Waals surface area (Å²) in [7, 11) is 2.06. The van der Waals surface area contributed by atoms with E-state index in [1.165, 1.54) is 0 Å². The number of rotatable bonds is 2. The van der Waals surface area contributed by atoms with Crippen LogP contribution in [0.5, 0.6) is 0 Å². The predicted octanol–water partition coefficient (Wildman–Crippen LogP) is 0.178. The van der Waals surface area contributed by atoms with Crippen molar-refractivity contribution in [1.82, 2.24) is 14.5 Å². The molecule has 1 aliphatic heterocycles. The van der Waals surface area contributed by atoms with Crippen LogP contribution in [-0.4, -0.2) is 47.3 Å². The Labute approximate surface area is 108 Å². The summed E-state index contributed by atoms with van der Waals surface area (Å²) >= 11 is 2.00. The summed E-state index contributed by atoms with van der Waals surface area (Å²) in [5.74, 6) is 0. The van der Waals surface area contributed by atoms with Crippen LogP contribution in [0, 0.1) is 3.57 Å². The van der Waals surface area contributed by atoms with Crippen molar-refractivity contribution in [3.8, 4) is 0 Å². The van der Waals surface area contributed by atoms with E-state index >= 15 is 0 Å². The van der Waals surface area contributed by atoms with Gasteiger partial charge < -0.3 is 9.64 Å². The van der Waals surface area contributed by atoms with Crippen molar-refractivity contribution in [3.05, 3.63) is 26.4 Å². The molecule has 1 aromatic rings. The van der Waals surface area contributed by atoms with Gasteiger partial charge in [-0.1, -0.05) is 0 Å². The molecule has 16 heavy (non-hydrogen) atoms. The minimum absolute atomic E-state index is 0.00688. The van der Waals surface area contributed by atoms with E-state index in [1.807, 2.05) is 22.6 Å². The zero-order valence-electron chi connectivity index (χ0n) is 9.10. The van der Waals surface area contributed by atoms with Gasteiger partial charge in [-0.2, -0.15) is 0 Å². The monoisotopic (exact) mass is 335 g/mol. The van der Waals surface area contributed by atoms with Crippen LogP contribution in [0.25, 0.3) is 0 Å². The molecule has 0 saturated carbocycles. The van der Waals surface area contributed by atoms with Gasteiger partial charge in [0.2, 0.25) is 0 Å². The van der Waals surface area contributed by atoms with Crippen molar-refractivity contribution < 1.29 is 4.74 Å². The van der Waals surface area contributed by atoms with Gasteiger partial charge in [-0.05, 0) is 29.6 Å². The van der Waals surface area contributed by atoms with E-state index in [0.717, 1.165) is 19.7 Å². The summed E-state index contributed by atoms with van der Waals surface area (Å²) in [4.78, 5) is 18.0. The van der Waals surface area contributed by atoms with E-state index in [2.05, 4.69) is 16.9 Å². The zero-order chi connectivity index (χ0) is 11.5. The average Bonchev–Trinajstić information content (AvgIpc) is 2.25. The average molecular weight is 335 g/mol. The summed E-state index contributed by atoms with van der Waals surface area (Å²) in [5, 5.41) is 0. The second-order valence-electron chi connectivity index (χ2n) is 3.95. The molecular weight excluding hydrogens is 321 g/mol. The second-order valence-corrected chi connectivity index (χ2v) is 5.12. The fourth-order valence-corrected chi connectivity index (χ4v) is 2.22. The predicted molar refractivity (Wildman–Crippen MR) is 68.5 cm³/mol. The van der Waals surface area contributed by atoms with Crippen molar-refractivity contribution in [3.63, 3.8) is 0 Å². The number of morpholine rings is 1. The van der Waals surface area contributed by atoms with Crippen molar-refractivity contribution in [2.24, 2.45) is 0 Å². The first-order valence-corrected chi connectivity index (χ1v) is 6.25. The van der Waals surface area contributed by atoms with Gasteiger partial charge in [-0.15, -0.1) is 0 Å². The molecule has 2 heterocycles. The number of likely N-dealkylation sites (N-methyl/N-ethyl adjacent to an activating group) is 1. The van der Waals surface area contributed by atoms with Gasteiger partial charge in [-0.3, -0.25) is 9.36 Å². The highest BCUT2D eigenvalue weighted by atomic mass is 127. The minimum atomic E-state index is 0.00688. The van der Waals surface area contributed by atoms with E-state index < -0.39 is 0 Å². The Balaban J connectivity index is 2.09. The lowest BCUT2D eigenvalue weighted by atomic mass is 10.3. The van der Waals surface area contributed by atoms with Crippen molar-refractivity contribution in [2.45, 2.75) is 12.6 Å². The SMILES string of the molecule is CN1CCOC(Cn2cncc(I)c2=O)C1. The fraction of sp³-hybridized carbons (Fsp3) is 0.600. The Kier molecular flexibility index (Phi) is 3.93. The van der Waals surface area contributed by atoms with Gasteiger partial charge in [-0.25, -0.2) is 4.98 Å². The smallest absolute Gasteiger partial charge is 0.266 e. The Hall–Kier alpha value is -0.470. The topological polar surface area (TPSA) is 47.4 Å². The van der Waals surface area contributed by atoms with Crippen LogP contribution in [0.2, 0.25) is 0 Å². The van der Waals surface area contributed by atoms with E-state index in [1.54, 1.807) is 17.1 Å². The molecule has 0 spiro atoms. The van der Waals surface area contributed by atoms with Gasteiger partial charge in [0.1, 0.15) is 0 Å². The molecule has 1 saturated heterocycles. The van der Waals surface area contributed by atoms with E-state index in [9.17, 15) is 4.79 Å². The Morgan fingerprint density at radius 3 is 3.25 bits per heavy atom. The lowest BCUT2D eigenvalue weighted by Crippen LogP contribution is -2.43. The standard InChI is InChI=1S/C10H14IN3O2/c1-13-2-3-16-8(5-13)6-14-7-12-4-9(11)10(14)15/h4,7-8H,2-3,5-6H2,1H3. The van der Waals surface area contributed by atoms with Crippen LogP contribution < -0.4 is 5.56 Å². The summed E-state index contributed by atoms with van der Waals surface area (Å²) in [5.41, 5.74) is 0.00688. The Morgan fingerprint density at radius 1 is 1.69 bits per heavy atom. The van der Waals surface area contributed by atoms with E-state index in [0.29, 0.717) is 10.1 Å². The van der Waals surface area contributed by atoms with Crippen molar-refractivity contribution in [1.29, 1.82) is 0 Å². The number of halogens is 1. The van der Waals surface area contributed by atoms with Crippen LogP contribution in [0.4, 0.5) is 0 Å². The molecule has 1 unspecified atom stereocenters. The van der Waals surface area contributed by atoms with Gasteiger partial charge in [0.25, 0.3) is 5.56 Å². The van der Waals surface area contributed by atoms with E-state index in [4.69, 9.17) is 4.74 Å². The first-order valence-electron chi connectivity index (χ1n) is 5.17. The van der Waals surface area contributed by atoms with Crippen molar-refractivity contribution >= 4 is 22.6 Å². The molecule has 0 N–H and O–H groups in total. The third-order valence-corrected chi connectivity index (χ3v) is 3.34. The lowest BCUT2D eigenvalue weighted by molar-refractivity contribution is -0.0280.